The average Bonchev–Trinajstić information content (AvgIpc) is 1.60. The van der Waals surface area contributed by atoms with E-state index in [9.17, 15) is 5.11 Å². The van der Waals surface area contributed by atoms with Gasteiger partial charge in [-0.05, 0) is 20.8 Å². The lowest BCUT2D eigenvalue weighted by atomic mass is 9.94. The van der Waals surface area contributed by atoms with Crippen LogP contribution in [0.4, 0.5) is 0 Å². The molecule has 4 N–H and O–H groups in total. The molecule has 0 fully saturated rings. The summed E-state index contributed by atoms with van der Waals surface area (Å²) in [7, 11) is 0. The van der Waals surface area contributed by atoms with Crippen LogP contribution in [0, 0.1) is 0 Å². The first-order chi connectivity index (χ1) is 4.34. The molecule has 0 aliphatic rings. The summed E-state index contributed by atoms with van der Waals surface area (Å²) >= 11 is 0. The van der Waals surface area contributed by atoms with Crippen molar-refractivity contribution in [1.29, 1.82) is 0 Å². The van der Waals surface area contributed by atoms with Gasteiger partial charge in [-0.1, -0.05) is 0 Å². The number of aliphatic hydroxyl groups excluding tert-OH is 2. The Morgan fingerprint density at radius 2 is 1.80 bits per heavy atom. The van der Waals surface area contributed by atoms with Crippen LogP contribution in [-0.2, 0) is 0 Å². The predicted octanol–water partition coefficient (Wildman–Crippen LogP) is -0.144. The maximum absolute atomic E-state index is 9.27. The van der Waals surface area contributed by atoms with E-state index in [0.717, 1.165) is 0 Å². The van der Waals surface area contributed by atoms with Gasteiger partial charge in [-0.15, -0.1) is 0 Å². The van der Waals surface area contributed by atoms with Crippen LogP contribution in [0.1, 0.15) is 27.2 Å². The summed E-state index contributed by atoms with van der Waals surface area (Å²) in [6.45, 7) is 5.11. The van der Waals surface area contributed by atoms with Crippen LogP contribution in [0.5, 0.6) is 0 Å². The van der Waals surface area contributed by atoms with E-state index >= 15 is 0 Å². The highest BCUT2D eigenvalue weighted by molar-refractivity contribution is 4.82. The lowest BCUT2D eigenvalue weighted by Gasteiger charge is -2.26. The fourth-order valence-corrected chi connectivity index (χ4v) is 0.627. The first kappa shape index (κ1) is 9.88. The van der Waals surface area contributed by atoms with Gasteiger partial charge in [0.25, 0.3) is 0 Å². The van der Waals surface area contributed by atoms with Crippen molar-refractivity contribution in [2.45, 2.75) is 44.9 Å². The number of aliphatic hydroxyl groups is 2. The minimum Gasteiger partial charge on any atom is -0.393 e. The van der Waals surface area contributed by atoms with Crippen molar-refractivity contribution in [3.8, 4) is 0 Å². The minimum atomic E-state index is -0.632. The van der Waals surface area contributed by atoms with Crippen LogP contribution in [0.15, 0.2) is 0 Å². The van der Waals surface area contributed by atoms with Gasteiger partial charge in [0.05, 0.1) is 12.2 Å². The molecule has 0 aromatic rings. The molecule has 0 rings (SSSR count). The molecule has 62 valence electrons. The highest BCUT2D eigenvalue weighted by Crippen LogP contribution is 2.10. The molecule has 0 spiro atoms. The van der Waals surface area contributed by atoms with E-state index < -0.39 is 17.7 Å². The van der Waals surface area contributed by atoms with Gasteiger partial charge in [-0.2, -0.15) is 0 Å². The lowest BCUT2D eigenvalue weighted by molar-refractivity contribution is 0.0480. The van der Waals surface area contributed by atoms with E-state index in [1.807, 2.05) is 0 Å². The molecular weight excluding hydrogens is 130 g/mol. The second-order valence-electron chi connectivity index (χ2n) is 3.42. The zero-order valence-corrected chi connectivity index (χ0v) is 6.83. The molecule has 0 heterocycles. The van der Waals surface area contributed by atoms with E-state index in [2.05, 4.69) is 0 Å². The van der Waals surface area contributed by atoms with Crippen molar-refractivity contribution >= 4 is 0 Å². The largest absolute Gasteiger partial charge is 0.393 e. The molecule has 0 amide bonds. The molecule has 0 saturated carbocycles. The average molecular weight is 147 g/mol. The van der Waals surface area contributed by atoms with Crippen molar-refractivity contribution in [3.05, 3.63) is 0 Å². The monoisotopic (exact) mass is 147 g/mol. The Hall–Kier alpha value is -0.120. The molecule has 0 bridgehead atoms. The summed E-state index contributed by atoms with van der Waals surface area (Å²) in [5, 5.41) is 18.1. The molecule has 0 aliphatic carbocycles. The molecule has 0 unspecified atom stereocenters. The van der Waals surface area contributed by atoms with Gasteiger partial charge in [0.1, 0.15) is 0 Å². The maximum Gasteiger partial charge on any atom is 0.0738 e. The van der Waals surface area contributed by atoms with E-state index in [0.29, 0.717) is 6.42 Å². The van der Waals surface area contributed by atoms with Crippen molar-refractivity contribution in [2.75, 3.05) is 0 Å². The normalized spacial score (nSPS) is 18.6. The van der Waals surface area contributed by atoms with Gasteiger partial charge < -0.3 is 15.9 Å². The van der Waals surface area contributed by atoms with E-state index in [-0.39, 0.29) is 0 Å². The molecule has 0 aromatic heterocycles. The minimum absolute atomic E-state index is 0.337. The maximum atomic E-state index is 9.27. The van der Waals surface area contributed by atoms with Crippen molar-refractivity contribution in [1.82, 2.24) is 0 Å². The number of hydrogen-bond donors (Lipinski definition) is 3. The number of hydrogen-bond acceptors (Lipinski definition) is 3. The van der Waals surface area contributed by atoms with Crippen LogP contribution >= 0.6 is 0 Å². The summed E-state index contributed by atoms with van der Waals surface area (Å²) in [6.07, 6.45) is -0.783. The van der Waals surface area contributed by atoms with Crippen LogP contribution < -0.4 is 5.73 Å². The molecule has 10 heavy (non-hydrogen) atoms. The van der Waals surface area contributed by atoms with Gasteiger partial charge in [0.15, 0.2) is 0 Å². The molecular formula is C7H17NO2. The van der Waals surface area contributed by atoms with Gasteiger partial charge in [0.2, 0.25) is 0 Å². The van der Waals surface area contributed by atoms with Gasteiger partial charge in [-0.25, -0.2) is 0 Å². The Labute approximate surface area is 61.9 Å². The van der Waals surface area contributed by atoms with Gasteiger partial charge in [-0.3, -0.25) is 0 Å². The molecule has 0 radical (unpaired) electrons. The van der Waals surface area contributed by atoms with Crippen molar-refractivity contribution in [3.63, 3.8) is 0 Å². The molecule has 0 aromatic carbocycles. The molecule has 2 atom stereocenters. The first-order valence-corrected chi connectivity index (χ1v) is 3.49. The lowest BCUT2D eigenvalue weighted by Crippen LogP contribution is -2.46. The van der Waals surface area contributed by atoms with E-state index in [1.165, 1.54) is 0 Å². The third kappa shape index (κ3) is 3.82. The van der Waals surface area contributed by atoms with Crippen LogP contribution in [-0.4, -0.2) is 28.0 Å². The van der Waals surface area contributed by atoms with Crippen LogP contribution in [0.2, 0.25) is 0 Å². The SMILES string of the molecule is C[C@H](O)C[C@H](O)C(C)(C)N. The zero-order chi connectivity index (χ0) is 8.36. The standard InChI is InChI=1S/C7H17NO2/c1-5(9)4-6(10)7(2,3)8/h5-6,9-10H,4,8H2,1-3H3/t5-,6-/m0/s1. The van der Waals surface area contributed by atoms with Crippen molar-refractivity contribution in [2.24, 2.45) is 5.73 Å². The number of nitrogens with two attached hydrogens (primary N) is 1. The summed E-state index contributed by atoms with van der Waals surface area (Å²) in [4.78, 5) is 0. The summed E-state index contributed by atoms with van der Waals surface area (Å²) in [5.41, 5.74) is 4.95. The molecule has 0 aliphatic heterocycles. The van der Waals surface area contributed by atoms with Crippen molar-refractivity contribution < 1.29 is 10.2 Å². The smallest absolute Gasteiger partial charge is 0.0738 e. The third-order valence-corrected chi connectivity index (χ3v) is 1.42. The molecule has 3 heteroatoms. The predicted molar refractivity (Wildman–Crippen MR) is 40.6 cm³/mol. The Morgan fingerprint density at radius 1 is 1.40 bits per heavy atom. The summed E-state index contributed by atoms with van der Waals surface area (Å²) < 4.78 is 0. The van der Waals surface area contributed by atoms with Crippen LogP contribution in [0.25, 0.3) is 0 Å². The highest BCUT2D eigenvalue weighted by atomic mass is 16.3. The summed E-state index contributed by atoms with van der Waals surface area (Å²) in [5.74, 6) is 0. The second kappa shape index (κ2) is 3.32. The third-order valence-electron chi connectivity index (χ3n) is 1.42. The first-order valence-electron chi connectivity index (χ1n) is 3.49. The van der Waals surface area contributed by atoms with Gasteiger partial charge in [0, 0.05) is 12.0 Å². The second-order valence-corrected chi connectivity index (χ2v) is 3.42. The Morgan fingerprint density at radius 3 is 1.90 bits per heavy atom. The fraction of sp³-hybridized carbons (Fsp3) is 1.00. The fourth-order valence-electron chi connectivity index (χ4n) is 0.627. The van der Waals surface area contributed by atoms with E-state index in [1.54, 1.807) is 20.8 Å². The summed E-state index contributed by atoms with van der Waals surface area (Å²) in [6, 6.07) is 0. The highest BCUT2D eigenvalue weighted by Gasteiger charge is 2.23. The quantitative estimate of drug-likeness (QED) is 0.520. The Bertz CT molecular complexity index is 96.3. The Balaban J connectivity index is 3.73. The molecule has 3 nitrogen and oxygen atoms in total. The van der Waals surface area contributed by atoms with Gasteiger partial charge >= 0.3 is 0 Å². The Kier molecular flexibility index (Phi) is 3.28. The van der Waals surface area contributed by atoms with E-state index in [4.69, 9.17) is 10.8 Å². The zero-order valence-electron chi connectivity index (χ0n) is 6.83. The topological polar surface area (TPSA) is 66.5 Å². The van der Waals surface area contributed by atoms with Crippen LogP contribution in [0.3, 0.4) is 0 Å². The number of rotatable bonds is 3. The molecule has 0 saturated heterocycles.